The number of nitrogens with zero attached hydrogens (tertiary/aromatic N) is 3. The van der Waals surface area contributed by atoms with Gasteiger partial charge in [-0.05, 0) is 25.5 Å². The van der Waals surface area contributed by atoms with E-state index >= 15 is 0 Å². The predicted molar refractivity (Wildman–Crippen MR) is 111 cm³/mol. The zero-order chi connectivity index (χ0) is 21.2. The standard InChI is InChI=1S/C19H22FN3O4S2/c1-5-26-15(24)7-6-8-28-17-21-12-10-13(11(20)9-14(12)29-17)23-18(25)27-16(22-23)19(2,3)4/h9-10H,5-8H2,1-4H3. The average Bonchev–Trinajstić information content (AvgIpc) is 3.20. The molecule has 2 heterocycles. The molecule has 0 atom stereocenters. The molecule has 156 valence electrons. The predicted octanol–water partition coefficient (Wildman–Crippen LogP) is 4.31. The minimum Gasteiger partial charge on any atom is -0.466 e. The van der Waals surface area contributed by atoms with Gasteiger partial charge < -0.3 is 9.15 Å². The van der Waals surface area contributed by atoms with Gasteiger partial charge in [-0.15, -0.1) is 16.4 Å². The van der Waals surface area contributed by atoms with Gasteiger partial charge in [-0.2, -0.15) is 4.68 Å². The molecule has 0 aliphatic carbocycles. The van der Waals surface area contributed by atoms with Gasteiger partial charge in [0.2, 0.25) is 5.89 Å². The molecule has 7 nitrogen and oxygen atoms in total. The molecule has 0 unspecified atom stereocenters. The third kappa shape index (κ3) is 5.05. The molecule has 0 aliphatic heterocycles. The van der Waals surface area contributed by atoms with Crippen LogP contribution in [-0.4, -0.2) is 33.1 Å². The molecule has 3 aromatic rings. The first kappa shape index (κ1) is 21.5. The summed E-state index contributed by atoms with van der Waals surface area (Å²) in [7, 11) is 0. The van der Waals surface area contributed by atoms with Gasteiger partial charge in [-0.3, -0.25) is 4.79 Å². The van der Waals surface area contributed by atoms with E-state index in [1.54, 1.807) is 6.92 Å². The molecule has 2 aromatic heterocycles. The molecule has 0 radical (unpaired) electrons. The molecule has 0 fully saturated rings. The molecule has 0 saturated heterocycles. The number of aromatic nitrogens is 3. The van der Waals surface area contributed by atoms with Crippen molar-refractivity contribution in [1.82, 2.24) is 14.8 Å². The molecule has 0 aliphatic rings. The Morgan fingerprint density at radius 3 is 2.79 bits per heavy atom. The van der Waals surface area contributed by atoms with Crippen molar-refractivity contribution >= 4 is 39.3 Å². The number of carbonyl (C=O) groups is 1. The van der Waals surface area contributed by atoms with Gasteiger partial charge in [0.05, 0.1) is 16.8 Å². The van der Waals surface area contributed by atoms with E-state index in [0.29, 0.717) is 35.4 Å². The number of fused-ring (bicyclic) bond motifs is 1. The van der Waals surface area contributed by atoms with E-state index in [1.807, 2.05) is 20.8 Å². The second kappa shape index (κ2) is 8.66. The number of thiazole rings is 1. The van der Waals surface area contributed by atoms with Gasteiger partial charge in [0, 0.05) is 17.6 Å². The summed E-state index contributed by atoms with van der Waals surface area (Å²) in [5, 5.41) is 4.14. The molecule has 0 spiro atoms. The minimum atomic E-state index is -0.739. The Balaban J connectivity index is 1.79. The third-order valence-electron chi connectivity index (χ3n) is 3.91. The van der Waals surface area contributed by atoms with E-state index in [2.05, 4.69) is 10.1 Å². The minimum absolute atomic E-state index is 0.00547. The molecular weight excluding hydrogens is 417 g/mol. The lowest BCUT2D eigenvalue weighted by atomic mass is 9.97. The summed E-state index contributed by atoms with van der Waals surface area (Å²) in [6.07, 6.45) is 1.03. The number of hydrogen-bond donors (Lipinski definition) is 0. The number of rotatable bonds is 7. The van der Waals surface area contributed by atoms with E-state index < -0.39 is 17.0 Å². The lowest BCUT2D eigenvalue weighted by Crippen LogP contribution is -2.15. The molecule has 0 N–H and O–H groups in total. The summed E-state index contributed by atoms with van der Waals surface area (Å²) in [4.78, 5) is 28.0. The van der Waals surface area contributed by atoms with Crippen molar-refractivity contribution in [2.75, 3.05) is 12.4 Å². The van der Waals surface area contributed by atoms with E-state index in [4.69, 9.17) is 9.15 Å². The Bertz CT molecular complexity index is 1080. The molecule has 3 rings (SSSR count). The summed E-state index contributed by atoms with van der Waals surface area (Å²) in [6, 6.07) is 2.85. The van der Waals surface area contributed by atoms with Gasteiger partial charge in [0.25, 0.3) is 0 Å². The highest BCUT2D eigenvalue weighted by Crippen LogP contribution is 2.32. The van der Waals surface area contributed by atoms with E-state index in [0.717, 1.165) is 9.02 Å². The van der Waals surface area contributed by atoms with E-state index in [1.165, 1.54) is 35.2 Å². The van der Waals surface area contributed by atoms with Crippen LogP contribution in [0.15, 0.2) is 25.7 Å². The Labute approximate surface area is 175 Å². The molecule has 1 aromatic carbocycles. The Morgan fingerprint density at radius 2 is 2.14 bits per heavy atom. The van der Waals surface area contributed by atoms with Crippen LogP contribution in [-0.2, 0) is 14.9 Å². The van der Waals surface area contributed by atoms with Crippen molar-refractivity contribution in [3.8, 4) is 5.69 Å². The summed E-state index contributed by atoms with van der Waals surface area (Å²) in [6.45, 7) is 7.72. The molecule has 0 amide bonds. The average molecular weight is 440 g/mol. The zero-order valence-electron chi connectivity index (χ0n) is 16.7. The van der Waals surface area contributed by atoms with E-state index in [9.17, 15) is 14.0 Å². The van der Waals surface area contributed by atoms with Crippen LogP contribution < -0.4 is 5.76 Å². The fraction of sp³-hybridized carbons (Fsp3) is 0.474. The lowest BCUT2D eigenvalue weighted by Gasteiger charge is -2.10. The largest absolute Gasteiger partial charge is 0.466 e. The van der Waals surface area contributed by atoms with Gasteiger partial charge in [0.1, 0.15) is 5.69 Å². The molecule has 0 saturated carbocycles. The van der Waals surface area contributed by atoms with Crippen LogP contribution >= 0.6 is 23.1 Å². The SMILES string of the molecule is CCOC(=O)CCCSc1nc2cc(-n3nc(C(C)(C)C)oc3=O)c(F)cc2s1. The Morgan fingerprint density at radius 1 is 1.38 bits per heavy atom. The van der Waals surface area contributed by atoms with Crippen molar-refractivity contribution in [2.45, 2.75) is 50.3 Å². The maximum absolute atomic E-state index is 14.6. The number of carbonyl (C=O) groups excluding carboxylic acids is 1. The number of thioether (sulfide) groups is 1. The smallest absolute Gasteiger partial charge is 0.442 e. The lowest BCUT2D eigenvalue weighted by molar-refractivity contribution is -0.143. The zero-order valence-corrected chi connectivity index (χ0v) is 18.3. The van der Waals surface area contributed by atoms with Crippen LogP contribution in [0.4, 0.5) is 4.39 Å². The first-order valence-corrected chi connectivity index (χ1v) is 11.0. The van der Waals surface area contributed by atoms with Crippen LogP contribution in [0, 0.1) is 5.82 Å². The summed E-state index contributed by atoms with van der Waals surface area (Å²) < 4.78 is 27.1. The maximum atomic E-state index is 14.6. The van der Waals surface area contributed by atoms with Crippen LogP contribution in [0.3, 0.4) is 0 Å². The normalized spacial score (nSPS) is 11.9. The first-order chi connectivity index (χ1) is 13.7. The number of ether oxygens (including phenoxy) is 1. The van der Waals surface area contributed by atoms with Crippen molar-refractivity contribution < 1.29 is 18.3 Å². The number of halogens is 1. The van der Waals surface area contributed by atoms with Crippen LogP contribution in [0.1, 0.15) is 46.4 Å². The number of esters is 1. The van der Waals surface area contributed by atoms with E-state index in [-0.39, 0.29) is 17.5 Å². The van der Waals surface area contributed by atoms with Crippen LogP contribution in [0.5, 0.6) is 0 Å². The second-order valence-corrected chi connectivity index (χ2v) is 9.72. The van der Waals surface area contributed by atoms with Crippen molar-refractivity contribution in [1.29, 1.82) is 0 Å². The number of hydrogen-bond acceptors (Lipinski definition) is 8. The fourth-order valence-corrected chi connectivity index (χ4v) is 4.57. The molecule has 29 heavy (non-hydrogen) atoms. The summed E-state index contributed by atoms with van der Waals surface area (Å²) in [5.41, 5.74) is 0.108. The number of benzene rings is 1. The molecular formula is C19H22FN3O4S2. The second-order valence-electron chi connectivity index (χ2n) is 7.34. The quantitative estimate of drug-likeness (QED) is 0.308. The van der Waals surface area contributed by atoms with Crippen molar-refractivity contribution in [2.24, 2.45) is 0 Å². The third-order valence-corrected chi connectivity index (χ3v) is 6.16. The van der Waals surface area contributed by atoms with Gasteiger partial charge >= 0.3 is 11.7 Å². The summed E-state index contributed by atoms with van der Waals surface area (Å²) in [5.74, 6) is -0.589. The fourth-order valence-electron chi connectivity index (χ4n) is 2.48. The van der Waals surface area contributed by atoms with Crippen LogP contribution in [0.2, 0.25) is 0 Å². The highest BCUT2D eigenvalue weighted by atomic mass is 32.2. The highest BCUT2D eigenvalue weighted by molar-refractivity contribution is 8.01. The topological polar surface area (TPSA) is 87.2 Å². The highest BCUT2D eigenvalue weighted by Gasteiger charge is 2.24. The maximum Gasteiger partial charge on any atom is 0.442 e. The Kier molecular flexibility index (Phi) is 6.42. The molecule has 10 heteroatoms. The van der Waals surface area contributed by atoms with Crippen LogP contribution in [0.25, 0.3) is 15.9 Å². The Hall–Kier alpha value is -2.20. The van der Waals surface area contributed by atoms with Gasteiger partial charge in [-0.25, -0.2) is 14.2 Å². The van der Waals surface area contributed by atoms with Crippen molar-refractivity contribution in [3.63, 3.8) is 0 Å². The monoisotopic (exact) mass is 439 g/mol. The summed E-state index contributed by atoms with van der Waals surface area (Å²) >= 11 is 2.86. The first-order valence-electron chi connectivity index (χ1n) is 9.18. The van der Waals surface area contributed by atoms with Crippen molar-refractivity contribution in [3.05, 3.63) is 34.4 Å². The van der Waals surface area contributed by atoms with Gasteiger partial charge in [0.15, 0.2) is 10.2 Å². The van der Waals surface area contributed by atoms with Gasteiger partial charge in [-0.1, -0.05) is 32.5 Å². The molecule has 0 bridgehead atoms.